The molecule has 0 atom stereocenters. The summed E-state index contributed by atoms with van der Waals surface area (Å²) in [5.74, 6) is -1.33. The number of carbonyl (C=O) groups excluding carboxylic acids is 1. The summed E-state index contributed by atoms with van der Waals surface area (Å²) in [6.45, 7) is 0. The van der Waals surface area contributed by atoms with Gasteiger partial charge in [0.2, 0.25) is 0 Å². The van der Waals surface area contributed by atoms with Gasteiger partial charge in [-0.05, 0) is 29.8 Å². The van der Waals surface area contributed by atoms with Crippen molar-refractivity contribution in [3.05, 3.63) is 63.7 Å². The van der Waals surface area contributed by atoms with E-state index in [1.165, 1.54) is 48.7 Å². The van der Waals surface area contributed by atoms with Gasteiger partial charge in [0.05, 0.1) is 11.1 Å². The molecule has 2 aromatic rings. The summed E-state index contributed by atoms with van der Waals surface area (Å²) >= 11 is 0. The molecule has 1 amide bonds. The highest BCUT2D eigenvalue weighted by molar-refractivity contribution is 5.98. The van der Waals surface area contributed by atoms with Crippen LogP contribution in [-0.4, -0.2) is 27.3 Å². The molecule has 0 aliphatic heterocycles. The van der Waals surface area contributed by atoms with E-state index >= 15 is 0 Å². The van der Waals surface area contributed by atoms with Crippen LogP contribution in [0.5, 0.6) is 11.5 Å². The monoisotopic (exact) mass is 301 g/mol. The van der Waals surface area contributed by atoms with Crippen molar-refractivity contribution >= 4 is 17.8 Å². The number of hydrogen-bond donors (Lipinski definition) is 3. The van der Waals surface area contributed by atoms with Crippen LogP contribution in [0.3, 0.4) is 0 Å². The number of aromatic hydroxyl groups is 2. The van der Waals surface area contributed by atoms with Crippen LogP contribution in [-0.2, 0) is 0 Å². The van der Waals surface area contributed by atoms with Crippen LogP contribution in [0, 0.1) is 10.1 Å². The van der Waals surface area contributed by atoms with E-state index < -0.39 is 10.8 Å². The Kier molecular flexibility index (Phi) is 4.33. The summed E-state index contributed by atoms with van der Waals surface area (Å²) in [6, 6.07) is 9.47. The van der Waals surface area contributed by atoms with E-state index in [2.05, 4.69) is 10.5 Å². The van der Waals surface area contributed by atoms with Gasteiger partial charge in [-0.2, -0.15) is 5.10 Å². The van der Waals surface area contributed by atoms with Crippen molar-refractivity contribution in [3.63, 3.8) is 0 Å². The summed E-state index contributed by atoms with van der Waals surface area (Å²) in [4.78, 5) is 22.0. The first kappa shape index (κ1) is 15.0. The molecule has 2 aromatic carbocycles. The fourth-order valence-electron chi connectivity index (χ4n) is 1.67. The van der Waals surface area contributed by atoms with Crippen LogP contribution >= 0.6 is 0 Å². The van der Waals surface area contributed by atoms with Crippen molar-refractivity contribution in [2.45, 2.75) is 0 Å². The van der Waals surface area contributed by atoms with E-state index in [0.717, 1.165) is 0 Å². The zero-order chi connectivity index (χ0) is 16.1. The molecule has 0 aliphatic rings. The van der Waals surface area contributed by atoms with E-state index in [0.29, 0.717) is 5.56 Å². The number of nitro groups is 1. The third-order valence-corrected chi connectivity index (χ3v) is 2.72. The van der Waals surface area contributed by atoms with Gasteiger partial charge in [-0.1, -0.05) is 12.1 Å². The Morgan fingerprint density at radius 1 is 1.18 bits per heavy atom. The Morgan fingerprint density at radius 2 is 1.91 bits per heavy atom. The van der Waals surface area contributed by atoms with E-state index in [1.54, 1.807) is 0 Å². The number of nitrogens with one attached hydrogen (secondary N) is 1. The minimum atomic E-state index is -0.730. The van der Waals surface area contributed by atoms with Crippen LogP contribution in [0.1, 0.15) is 15.9 Å². The SMILES string of the molecule is O=C(N/N=C/c1ccc(O)c(O)c1)c1ccccc1[N+](=O)[O-]. The van der Waals surface area contributed by atoms with Crippen LogP contribution in [0.15, 0.2) is 47.6 Å². The number of para-hydroxylation sites is 1. The van der Waals surface area contributed by atoms with E-state index in [-0.39, 0.29) is 22.7 Å². The molecule has 2 rings (SSSR count). The molecular formula is C14H11N3O5. The molecule has 0 bridgehead atoms. The van der Waals surface area contributed by atoms with Gasteiger partial charge in [-0.25, -0.2) is 5.43 Å². The Hall–Kier alpha value is -3.42. The highest BCUT2D eigenvalue weighted by Crippen LogP contribution is 2.24. The second-order valence-electron chi connectivity index (χ2n) is 4.22. The summed E-state index contributed by atoms with van der Waals surface area (Å²) in [6.07, 6.45) is 1.23. The van der Waals surface area contributed by atoms with Crippen molar-refractivity contribution in [1.82, 2.24) is 5.43 Å². The molecule has 0 heterocycles. The number of hydrazone groups is 1. The molecule has 0 aromatic heterocycles. The average Bonchev–Trinajstić information content (AvgIpc) is 2.50. The van der Waals surface area contributed by atoms with Crippen molar-refractivity contribution in [2.75, 3.05) is 0 Å². The molecule has 0 radical (unpaired) electrons. The smallest absolute Gasteiger partial charge is 0.282 e. The summed E-state index contributed by atoms with van der Waals surface area (Å²) in [5.41, 5.74) is 2.15. The van der Waals surface area contributed by atoms with E-state index in [1.807, 2.05) is 0 Å². The first-order chi connectivity index (χ1) is 10.5. The number of rotatable bonds is 4. The normalized spacial score (nSPS) is 10.5. The highest BCUT2D eigenvalue weighted by atomic mass is 16.6. The maximum absolute atomic E-state index is 11.9. The van der Waals surface area contributed by atoms with Crippen LogP contribution in [0.25, 0.3) is 0 Å². The minimum absolute atomic E-state index is 0.113. The predicted octanol–water partition coefficient (Wildman–Crippen LogP) is 1.77. The van der Waals surface area contributed by atoms with Crippen LogP contribution in [0.4, 0.5) is 5.69 Å². The topological polar surface area (TPSA) is 125 Å². The highest BCUT2D eigenvalue weighted by Gasteiger charge is 2.18. The first-order valence-electron chi connectivity index (χ1n) is 6.08. The number of carbonyl (C=O) groups is 1. The van der Waals surface area contributed by atoms with Gasteiger partial charge in [0, 0.05) is 6.07 Å². The molecule has 3 N–H and O–H groups in total. The predicted molar refractivity (Wildman–Crippen MR) is 77.9 cm³/mol. The fraction of sp³-hybridized carbons (Fsp3) is 0. The quantitative estimate of drug-likeness (QED) is 0.343. The lowest BCUT2D eigenvalue weighted by Gasteiger charge is -2.01. The maximum atomic E-state index is 11.9. The van der Waals surface area contributed by atoms with Gasteiger partial charge in [0.25, 0.3) is 11.6 Å². The Morgan fingerprint density at radius 3 is 2.59 bits per heavy atom. The van der Waals surface area contributed by atoms with E-state index in [9.17, 15) is 20.0 Å². The van der Waals surface area contributed by atoms with Crippen molar-refractivity contribution < 1.29 is 19.9 Å². The standard InChI is InChI=1S/C14H11N3O5/c18-12-6-5-9(7-13(12)19)8-15-16-14(20)10-3-1-2-4-11(10)17(21)22/h1-8,18-19H,(H,16,20)/b15-8+. The number of hydrogen-bond acceptors (Lipinski definition) is 6. The summed E-state index contributed by atoms with van der Waals surface area (Å²) in [5, 5.41) is 32.9. The molecule has 8 nitrogen and oxygen atoms in total. The van der Waals surface area contributed by atoms with Gasteiger partial charge in [-0.3, -0.25) is 14.9 Å². The Balaban J connectivity index is 2.11. The maximum Gasteiger partial charge on any atom is 0.282 e. The summed E-state index contributed by atoms with van der Waals surface area (Å²) < 4.78 is 0. The lowest BCUT2D eigenvalue weighted by Crippen LogP contribution is -2.18. The first-order valence-corrected chi connectivity index (χ1v) is 6.08. The molecule has 0 saturated carbocycles. The number of phenols is 2. The lowest BCUT2D eigenvalue weighted by atomic mass is 10.2. The Bertz CT molecular complexity index is 758. The average molecular weight is 301 g/mol. The number of phenolic OH excluding ortho intramolecular Hbond substituents is 2. The zero-order valence-corrected chi connectivity index (χ0v) is 11.1. The number of amides is 1. The van der Waals surface area contributed by atoms with Crippen LogP contribution < -0.4 is 5.43 Å². The molecule has 0 saturated heterocycles. The third-order valence-electron chi connectivity index (χ3n) is 2.72. The molecule has 0 spiro atoms. The molecule has 8 heteroatoms. The van der Waals surface area contributed by atoms with Crippen molar-refractivity contribution in [1.29, 1.82) is 0 Å². The van der Waals surface area contributed by atoms with Crippen molar-refractivity contribution in [2.24, 2.45) is 5.10 Å². The molecule has 0 unspecified atom stereocenters. The van der Waals surface area contributed by atoms with E-state index in [4.69, 9.17) is 5.11 Å². The molecule has 22 heavy (non-hydrogen) atoms. The molecule has 0 fully saturated rings. The van der Waals surface area contributed by atoms with Crippen LogP contribution in [0.2, 0.25) is 0 Å². The summed E-state index contributed by atoms with van der Waals surface area (Å²) in [7, 11) is 0. The number of nitrogens with zero attached hydrogens (tertiary/aromatic N) is 2. The number of nitro benzene ring substituents is 1. The molecular weight excluding hydrogens is 290 g/mol. The molecule has 112 valence electrons. The third kappa shape index (κ3) is 3.37. The second-order valence-corrected chi connectivity index (χ2v) is 4.22. The van der Waals surface area contributed by atoms with Gasteiger partial charge in [-0.15, -0.1) is 0 Å². The van der Waals surface area contributed by atoms with Gasteiger partial charge in [0.15, 0.2) is 11.5 Å². The minimum Gasteiger partial charge on any atom is -0.504 e. The van der Waals surface area contributed by atoms with Crippen molar-refractivity contribution in [3.8, 4) is 11.5 Å². The zero-order valence-electron chi connectivity index (χ0n) is 11.1. The molecule has 0 aliphatic carbocycles. The second kappa shape index (κ2) is 6.35. The Labute approximate surface area is 124 Å². The fourth-order valence-corrected chi connectivity index (χ4v) is 1.67. The number of benzene rings is 2. The lowest BCUT2D eigenvalue weighted by molar-refractivity contribution is -0.385. The van der Waals surface area contributed by atoms with Gasteiger partial charge >= 0.3 is 0 Å². The van der Waals surface area contributed by atoms with Gasteiger partial charge in [0.1, 0.15) is 5.56 Å². The van der Waals surface area contributed by atoms with Gasteiger partial charge < -0.3 is 10.2 Å². The largest absolute Gasteiger partial charge is 0.504 e.